The average molecular weight is 457 g/mol. The number of carbonyl (C=O) groups is 2. The van der Waals surface area contributed by atoms with Gasteiger partial charge in [0, 0.05) is 17.7 Å². The third-order valence-corrected chi connectivity index (χ3v) is 6.35. The van der Waals surface area contributed by atoms with Crippen LogP contribution in [0.25, 0.3) is 5.70 Å². The Kier molecular flexibility index (Phi) is 7.19. The Labute approximate surface area is 185 Å². The minimum absolute atomic E-state index is 0.0740. The lowest BCUT2D eigenvalue weighted by Crippen LogP contribution is -2.42. The van der Waals surface area contributed by atoms with Gasteiger partial charge in [-0.15, -0.1) is 5.10 Å². The molecule has 1 atom stereocenters. The molecule has 1 aromatic rings. The molecular formula is C22H30F3N3O4. The maximum absolute atomic E-state index is 13.4. The predicted octanol–water partition coefficient (Wildman–Crippen LogP) is 5.71. The van der Waals surface area contributed by atoms with E-state index in [2.05, 4.69) is 12.0 Å². The second kappa shape index (κ2) is 9.54. The summed E-state index contributed by atoms with van der Waals surface area (Å²) in [7, 11) is 0. The molecule has 1 fully saturated rings. The van der Waals surface area contributed by atoms with Crippen LogP contribution in [-0.2, 0) is 4.79 Å². The molecule has 10 heteroatoms. The molecule has 1 aromatic heterocycles. The smallest absolute Gasteiger partial charge is 0.449 e. The third kappa shape index (κ3) is 5.45. The zero-order valence-electron chi connectivity index (χ0n) is 18.6. The van der Waals surface area contributed by atoms with Crippen LogP contribution in [-0.4, -0.2) is 39.2 Å². The number of carbonyl (C=O) groups excluding carboxylic acids is 1. The number of allylic oxidation sites excluding steroid dienone is 2. The van der Waals surface area contributed by atoms with Crippen LogP contribution >= 0.6 is 0 Å². The van der Waals surface area contributed by atoms with E-state index in [-0.39, 0.29) is 48.7 Å². The molecule has 2 aliphatic rings. The van der Waals surface area contributed by atoms with Crippen molar-refractivity contribution in [2.75, 3.05) is 4.90 Å². The van der Waals surface area contributed by atoms with Gasteiger partial charge in [0.2, 0.25) is 11.7 Å². The molecule has 1 amide bonds. The molecule has 1 saturated carbocycles. The van der Waals surface area contributed by atoms with Gasteiger partial charge in [-0.25, -0.2) is 9.48 Å². The van der Waals surface area contributed by atoms with E-state index in [0.717, 1.165) is 25.7 Å². The van der Waals surface area contributed by atoms with Crippen LogP contribution in [0, 0.1) is 17.8 Å². The van der Waals surface area contributed by atoms with E-state index >= 15 is 0 Å². The third-order valence-electron chi connectivity index (χ3n) is 6.35. The summed E-state index contributed by atoms with van der Waals surface area (Å²) in [5.74, 6) is -1.19. The lowest BCUT2D eigenvalue weighted by atomic mass is 9.82. The van der Waals surface area contributed by atoms with Gasteiger partial charge in [0.15, 0.2) is 5.75 Å². The first-order chi connectivity index (χ1) is 15.0. The van der Waals surface area contributed by atoms with Crippen LogP contribution in [0.3, 0.4) is 0 Å². The van der Waals surface area contributed by atoms with Crippen molar-refractivity contribution >= 4 is 23.6 Å². The summed E-state index contributed by atoms with van der Waals surface area (Å²) in [4.78, 5) is 26.1. The largest absolute Gasteiger partial charge is 0.511 e. The van der Waals surface area contributed by atoms with Gasteiger partial charge in [-0.3, -0.25) is 9.69 Å². The topological polar surface area (TPSA) is 84.7 Å². The summed E-state index contributed by atoms with van der Waals surface area (Å²) in [6.45, 7) is 5.77. The predicted molar refractivity (Wildman–Crippen MR) is 112 cm³/mol. The fraction of sp³-hybridized carbons (Fsp3) is 0.682. The average Bonchev–Trinajstić information content (AvgIpc) is 3.10. The maximum atomic E-state index is 13.4. The molecule has 1 heterocycles. The van der Waals surface area contributed by atoms with Gasteiger partial charge in [-0.05, 0) is 64.7 Å². The molecule has 0 aliphatic heterocycles. The van der Waals surface area contributed by atoms with Crippen LogP contribution in [0.4, 0.5) is 23.8 Å². The Balaban J connectivity index is 1.91. The van der Waals surface area contributed by atoms with Crippen LogP contribution in [0.2, 0.25) is 0 Å². The molecule has 32 heavy (non-hydrogen) atoms. The second-order valence-corrected chi connectivity index (χ2v) is 9.10. The summed E-state index contributed by atoms with van der Waals surface area (Å²) in [6.07, 6.45) is 0.270. The SMILES string of the molecule is CC(C)N(c1nn(C2=CCC(C(F)(F)F)CC2)cc1OC(=O)O)C(=O)[C@H]1CC[C@H](C)CC1. The summed E-state index contributed by atoms with van der Waals surface area (Å²) in [5, 5.41) is 13.6. The standard InChI is InChI=1S/C22H30F3N3O4/c1-13(2)28(20(29)15-6-4-14(3)5-7-15)19-18(32-21(30)31)12-27(26-19)17-10-8-16(9-11-17)22(23,24)25/h10,12-16H,4-9,11H2,1-3H3,(H,30,31)/t14-,15-,16?. The molecule has 0 radical (unpaired) electrons. The van der Waals surface area contributed by atoms with Gasteiger partial charge in [-0.2, -0.15) is 13.2 Å². The number of carboxylic acid groups (broad SMARTS) is 1. The zero-order valence-corrected chi connectivity index (χ0v) is 18.6. The molecule has 3 rings (SSSR count). The summed E-state index contributed by atoms with van der Waals surface area (Å²) in [5.41, 5.74) is 0.523. The van der Waals surface area contributed by atoms with Crippen LogP contribution in [0.1, 0.15) is 65.7 Å². The van der Waals surface area contributed by atoms with E-state index in [1.807, 2.05) is 0 Å². The number of hydrogen-bond donors (Lipinski definition) is 1. The van der Waals surface area contributed by atoms with Crippen LogP contribution in [0.5, 0.6) is 5.75 Å². The highest BCUT2D eigenvalue weighted by Crippen LogP contribution is 2.40. The van der Waals surface area contributed by atoms with Gasteiger partial charge in [0.05, 0.1) is 12.1 Å². The first kappa shape index (κ1) is 24.1. The van der Waals surface area contributed by atoms with Crippen LogP contribution < -0.4 is 9.64 Å². The number of anilines is 1. The van der Waals surface area contributed by atoms with Gasteiger partial charge in [0.25, 0.3) is 0 Å². The normalized spacial score (nSPS) is 24.2. The number of ether oxygens (including phenoxy) is 1. The summed E-state index contributed by atoms with van der Waals surface area (Å²) < 4.78 is 45.2. The Bertz CT molecular complexity index is 870. The van der Waals surface area contributed by atoms with Crippen molar-refractivity contribution in [3.63, 3.8) is 0 Å². The highest BCUT2D eigenvalue weighted by atomic mass is 19.4. The molecule has 178 valence electrons. The number of aromatic nitrogens is 2. The van der Waals surface area contributed by atoms with Crippen molar-refractivity contribution < 1.29 is 32.6 Å². The molecule has 0 spiro atoms. The fourth-order valence-corrected chi connectivity index (χ4v) is 4.46. The van der Waals surface area contributed by atoms with E-state index in [1.54, 1.807) is 13.8 Å². The minimum atomic E-state index is -4.26. The van der Waals surface area contributed by atoms with Crippen molar-refractivity contribution in [3.05, 3.63) is 12.3 Å². The van der Waals surface area contributed by atoms with Gasteiger partial charge in [0.1, 0.15) is 0 Å². The number of rotatable bonds is 5. The monoisotopic (exact) mass is 457 g/mol. The second-order valence-electron chi connectivity index (χ2n) is 9.10. The molecule has 0 aromatic carbocycles. The molecule has 1 N–H and O–H groups in total. The summed E-state index contributed by atoms with van der Waals surface area (Å²) in [6, 6.07) is -0.309. The lowest BCUT2D eigenvalue weighted by Gasteiger charge is -2.32. The number of nitrogens with zero attached hydrogens (tertiary/aromatic N) is 3. The van der Waals surface area contributed by atoms with E-state index in [9.17, 15) is 22.8 Å². The van der Waals surface area contributed by atoms with E-state index < -0.39 is 18.2 Å². The first-order valence-corrected chi connectivity index (χ1v) is 11.1. The van der Waals surface area contributed by atoms with Gasteiger partial charge < -0.3 is 9.84 Å². The fourth-order valence-electron chi connectivity index (χ4n) is 4.46. The zero-order chi connectivity index (χ0) is 23.6. The van der Waals surface area contributed by atoms with Crippen molar-refractivity contribution in [2.24, 2.45) is 17.8 Å². The number of amides is 1. The lowest BCUT2D eigenvalue weighted by molar-refractivity contribution is -0.175. The molecule has 1 unspecified atom stereocenters. The van der Waals surface area contributed by atoms with Crippen molar-refractivity contribution in [1.29, 1.82) is 0 Å². The van der Waals surface area contributed by atoms with Crippen molar-refractivity contribution in [1.82, 2.24) is 9.78 Å². The minimum Gasteiger partial charge on any atom is -0.449 e. The highest BCUT2D eigenvalue weighted by Gasteiger charge is 2.40. The maximum Gasteiger partial charge on any atom is 0.511 e. The van der Waals surface area contributed by atoms with Crippen molar-refractivity contribution in [3.8, 4) is 5.75 Å². The Morgan fingerprint density at radius 2 is 1.88 bits per heavy atom. The molecular weight excluding hydrogens is 427 g/mol. The summed E-state index contributed by atoms with van der Waals surface area (Å²) >= 11 is 0. The Morgan fingerprint density at radius 3 is 2.38 bits per heavy atom. The Morgan fingerprint density at radius 1 is 1.22 bits per heavy atom. The Hall–Kier alpha value is -2.52. The van der Waals surface area contributed by atoms with Gasteiger partial charge in [-0.1, -0.05) is 13.0 Å². The van der Waals surface area contributed by atoms with Crippen LogP contribution in [0.15, 0.2) is 12.3 Å². The molecule has 7 nitrogen and oxygen atoms in total. The molecule has 2 aliphatic carbocycles. The van der Waals surface area contributed by atoms with Crippen molar-refractivity contribution in [2.45, 2.75) is 77.9 Å². The number of alkyl halides is 3. The van der Waals surface area contributed by atoms with E-state index in [1.165, 1.54) is 21.9 Å². The molecule has 0 saturated heterocycles. The first-order valence-electron chi connectivity index (χ1n) is 11.1. The van der Waals surface area contributed by atoms with Gasteiger partial charge >= 0.3 is 12.3 Å². The van der Waals surface area contributed by atoms with E-state index in [0.29, 0.717) is 11.6 Å². The quantitative estimate of drug-likeness (QED) is 0.573. The molecule has 0 bridgehead atoms. The van der Waals surface area contributed by atoms with E-state index in [4.69, 9.17) is 9.84 Å². The highest BCUT2D eigenvalue weighted by molar-refractivity contribution is 5.96. The number of hydrogen-bond acceptors (Lipinski definition) is 4. The number of halogens is 3.